The van der Waals surface area contributed by atoms with Gasteiger partial charge in [0.1, 0.15) is 5.60 Å². The van der Waals surface area contributed by atoms with Crippen molar-refractivity contribution in [2.24, 2.45) is 17.3 Å². The van der Waals surface area contributed by atoms with E-state index in [0.29, 0.717) is 23.5 Å². The monoisotopic (exact) mass is 485 g/mol. The van der Waals surface area contributed by atoms with Crippen molar-refractivity contribution in [1.29, 1.82) is 0 Å². The lowest BCUT2D eigenvalue weighted by Crippen LogP contribution is -2.54. The summed E-state index contributed by atoms with van der Waals surface area (Å²) in [6.07, 6.45) is 11.9. The van der Waals surface area contributed by atoms with Gasteiger partial charge in [0.25, 0.3) is 0 Å². The Morgan fingerprint density at radius 2 is 1.79 bits per heavy atom. The zero-order valence-corrected chi connectivity index (χ0v) is 23.3. The lowest BCUT2D eigenvalue weighted by molar-refractivity contribution is -0.386. The van der Waals surface area contributed by atoms with Crippen molar-refractivity contribution in [2.45, 2.75) is 96.2 Å². The maximum absolute atomic E-state index is 12.1. The Balaban J connectivity index is 1.71. The molecule has 0 amide bonds. The molecular formula is C26H39NO4Si2. The number of hydrogen-bond donors (Lipinski definition) is 0. The lowest BCUT2D eigenvalue weighted by Gasteiger charge is -2.54. The minimum atomic E-state index is -1.96. The number of nitro groups is 1. The molecule has 3 aliphatic rings. The van der Waals surface area contributed by atoms with Gasteiger partial charge >= 0.3 is 5.69 Å². The van der Waals surface area contributed by atoms with Gasteiger partial charge < -0.3 is 8.85 Å². The summed E-state index contributed by atoms with van der Waals surface area (Å²) in [7, 11) is -3.77. The van der Waals surface area contributed by atoms with Gasteiger partial charge in [-0.15, -0.1) is 6.42 Å². The summed E-state index contributed by atoms with van der Waals surface area (Å²) < 4.78 is 12.9. The Bertz CT molecular complexity index is 1010. The first kappa shape index (κ1) is 24.5. The second-order valence-corrected chi connectivity index (χ2v) is 21.4. The molecule has 33 heavy (non-hydrogen) atoms. The minimum Gasteiger partial charge on any atom is -0.540 e. The number of rotatable bonds is 5. The van der Waals surface area contributed by atoms with Gasteiger partial charge in [-0.25, -0.2) is 0 Å². The van der Waals surface area contributed by atoms with Crippen LogP contribution >= 0.6 is 0 Å². The average Bonchev–Trinajstić information content (AvgIpc) is 2.97. The van der Waals surface area contributed by atoms with Crippen molar-refractivity contribution in [2.75, 3.05) is 0 Å². The predicted molar refractivity (Wildman–Crippen MR) is 138 cm³/mol. The van der Waals surface area contributed by atoms with Gasteiger partial charge in [0.2, 0.25) is 8.32 Å². The number of fused-ring (bicyclic) bond motifs is 5. The Kier molecular flexibility index (Phi) is 5.91. The van der Waals surface area contributed by atoms with Crippen molar-refractivity contribution in [3.63, 3.8) is 0 Å². The standard InChI is InChI=1S/C26H39NO4Si2/c1-9-26(31-33(6,7)8)17-15-22-20-10-11-21-18(19(20)14-16-25(22,26)2)12-13-23(24(21)27(28)29)30-32(3,4)5/h1,12-13,19-20,22H,10-11,14-17H2,2-8H3. The van der Waals surface area contributed by atoms with Crippen molar-refractivity contribution < 1.29 is 13.8 Å². The number of nitro benzene ring substituents is 1. The first-order valence-corrected chi connectivity index (χ1v) is 19.2. The second kappa shape index (κ2) is 7.96. The fourth-order valence-corrected chi connectivity index (χ4v) is 9.46. The number of nitrogens with zero attached hydrogens (tertiary/aromatic N) is 1. The van der Waals surface area contributed by atoms with Crippen LogP contribution in [0.1, 0.15) is 56.1 Å². The molecule has 2 saturated carbocycles. The van der Waals surface area contributed by atoms with E-state index >= 15 is 0 Å². The van der Waals surface area contributed by atoms with Gasteiger partial charge in [0, 0.05) is 11.0 Å². The van der Waals surface area contributed by atoms with E-state index < -0.39 is 22.2 Å². The van der Waals surface area contributed by atoms with Crippen molar-refractivity contribution in [3.8, 4) is 18.1 Å². The molecule has 0 bridgehead atoms. The third-order valence-electron chi connectivity index (χ3n) is 8.28. The SMILES string of the molecule is C#CC1(O[Si](C)(C)C)CCC2C3CCc4c(ccc(O[Si](C)(C)C)c4[N+](=O)[O-])C3CCC21C. The molecule has 0 saturated heterocycles. The summed E-state index contributed by atoms with van der Waals surface area (Å²) in [5.74, 6) is 4.95. The van der Waals surface area contributed by atoms with E-state index in [0.717, 1.165) is 44.1 Å². The Morgan fingerprint density at radius 3 is 2.36 bits per heavy atom. The molecule has 0 aromatic heterocycles. The minimum absolute atomic E-state index is 0.0342. The van der Waals surface area contributed by atoms with E-state index in [1.807, 2.05) is 6.07 Å². The summed E-state index contributed by atoms with van der Waals surface area (Å²) in [4.78, 5) is 11.9. The van der Waals surface area contributed by atoms with Crippen LogP contribution in [0.25, 0.3) is 0 Å². The molecule has 2 fully saturated rings. The molecule has 180 valence electrons. The zero-order valence-electron chi connectivity index (χ0n) is 21.3. The first-order valence-electron chi connectivity index (χ1n) is 12.4. The molecule has 0 heterocycles. The first-order chi connectivity index (χ1) is 15.2. The Hall–Kier alpha value is -1.63. The number of hydrogen-bond acceptors (Lipinski definition) is 4. The van der Waals surface area contributed by atoms with Crippen LogP contribution in [0, 0.1) is 39.7 Å². The number of benzene rings is 1. The zero-order chi connectivity index (χ0) is 24.4. The van der Waals surface area contributed by atoms with Crippen molar-refractivity contribution in [1.82, 2.24) is 0 Å². The average molecular weight is 486 g/mol. The molecule has 5 nitrogen and oxygen atoms in total. The lowest BCUT2D eigenvalue weighted by atomic mass is 9.53. The van der Waals surface area contributed by atoms with E-state index in [1.165, 1.54) is 5.56 Å². The Morgan fingerprint density at radius 1 is 1.09 bits per heavy atom. The molecule has 0 N–H and O–H groups in total. The van der Waals surface area contributed by atoms with Gasteiger partial charge in [-0.2, -0.15) is 0 Å². The molecule has 1 aromatic rings. The normalized spacial score (nSPS) is 33.5. The second-order valence-electron chi connectivity index (χ2n) is 12.5. The van der Waals surface area contributed by atoms with Gasteiger partial charge in [-0.05, 0) is 107 Å². The highest BCUT2D eigenvalue weighted by molar-refractivity contribution is 6.70. The van der Waals surface area contributed by atoms with Crippen LogP contribution in [-0.2, 0) is 10.8 Å². The maximum Gasteiger partial charge on any atom is 0.312 e. The smallest absolute Gasteiger partial charge is 0.312 e. The highest BCUT2D eigenvalue weighted by Gasteiger charge is 2.63. The van der Waals surface area contributed by atoms with Crippen LogP contribution in [0.4, 0.5) is 5.69 Å². The molecule has 7 heteroatoms. The van der Waals surface area contributed by atoms with Gasteiger partial charge in [-0.1, -0.05) is 18.9 Å². The van der Waals surface area contributed by atoms with Gasteiger partial charge in [0.15, 0.2) is 14.1 Å². The van der Waals surface area contributed by atoms with Crippen molar-refractivity contribution in [3.05, 3.63) is 33.4 Å². The molecule has 3 aliphatic carbocycles. The molecular weight excluding hydrogens is 446 g/mol. The van der Waals surface area contributed by atoms with Crippen LogP contribution in [0.5, 0.6) is 5.75 Å². The van der Waals surface area contributed by atoms with Crippen LogP contribution < -0.4 is 4.43 Å². The topological polar surface area (TPSA) is 61.6 Å². The van der Waals surface area contributed by atoms with E-state index in [9.17, 15) is 10.1 Å². The van der Waals surface area contributed by atoms with Crippen LogP contribution in [0.3, 0.4) is 0 Å². The fraction of sp³-hybridized carbons (Fsp3) is 0.692. The quantitative estimate of drug-likeness (QED) is 0.197. The highest BCUT2D eigenvalue weighted by atomic mass is 28.4. The molecule has 0 spiro atoms. The van der Waals surface area contributed by atoms with Crippen LogP contribution in [0.15, 0.2) is 12.1 Å². The summed E-state index contributed by atoms with van der Waals surface area (Å²) in [6, 6.07) is 3.99. The van der Waals surface area contributed by atoms with Crippen LogP contribution in [-0.4, -0.2) is 27.2 Å². The van der Waals surface area contributed by atoms with E-state index in [1.54, 1.807) is 0 Å². The third-order valence-corrected chi connectivity index (χ3v) is 10.1. The fourth-order valence-electron chi connectivity index (χ4n) is 7.20. The predicted octanol–water partition coefficient (Wildman–Crippen LogP) is 6.89. The van der Waals surface area contributed by atoms with E-state index in [-0.39, 0.29) is 16.0 Å². The maximum atomic E-state index is 12.1. The van der Waals surface area contributed by atoms with E-state index in [2.05, 4.69) is 58.2 Å². The summed E-state index contributed by atoms with van der Waals surface area (Å²) in [5, 5.41) is 12.1. The number of terminal acetylenes is 1. The molecule has 5 unspecified atom stereocenters. The molecule has 0 radical (unpaired) electrons. The third kappa shape index (κ3) is 4.08. The molecule has 0 aliphatic heterocycles. The van der Waals surface area contributed by atoms with Gasteiger partial charge in [0.05, 0.1) is 4.92 Å². The summed E-state index contributed by atoms with van der Waals surface area (Å²) >= 11 is 0. The summed E-state index contributed by atoms with van der Waals surface area (Å²) in [5.41, 5.74) is 1.77. The van der Waals surface area contributed by atoms with Crippen molar-refractivity contribution >= 4 is 22.3 Å². The molecule has 1 aromatic carbocycles. The molecule has 4 rings (SSSR count). The Labute approximate surface area is 201 Å². The van der Waals surface area contributed by atoms with Crippen LogP contribution in [0.2, 0.25) is 39.3 Å². The van der Waals surface area contributed by atoms with E-state index in [4.69, 9.17) is 15.3 Å². The molecule has 5 atom stereocenters. The highest BCUT2D eigenvalue weighted by Crippen LogP contribution is 2.66. The summed E-state index contributed by atoms with van der Waals surface area (Å²) in [6.45, 7) is 15.2. The largest absolute Gasteiger partial charge is 0.540 e. The van der Waals surface area contributed by atoms with Gasteiger partial charge in [-0.3, -0.25) is 10.1 Å².